The van der Waals surface area contributed by atoms with Crippen molar-refractivity contribution >= 4 is 5.97 Å². The molecule has 2 rings (SSSR count). The van der Waals surface area contributed by atoms with Crippen LogP contribution in [0.3, 0.4) is 0 Å². The number of carbonyl (C=O) groups is 1. The highest BCUT2D eigenvalue weighted by atomic mass is 16.5. The van der Waals surface area contributed by atoms with Crippen LogP contribution in [0.2, 0.25) is 0 Å². The normalized spacial score (nSPS) is 18.3. The van der Waals surface area contributed by atoms with E-state index in [4.69, 9.17) is 9.84 Å². The van der Waals surface area contributed by atoms with Gasteiger partial charge < -0.3 is 9.84 Å². The summed E-state index contributed by atoms with van der Waals surface area (Å²) in [6.07, 6.45) is 0.773. The average molecular weight is 206 g/mol. The van der Waals surface area contributed by atoms with Gasteiger partial charge in [0.05, 0.1) is 6.61 Å². The molecule has 1 unspecified atom stereocenters. The molecule has 0 aliphatic carbocycles. The van der Waals surface area contributed by atoms with E-state index in [0.29, 0.717) is 18.9 Å². The summed E-state index contributed by atoms with van der Waals surface area (Å²) in [6.45, 7) is 2.81. The SMILES string of the molecule is CC1COc2cccc(CCC(=O)O)c21. The lowest BCUT2D eigenvalue weighted by Gasteiger charge is -2.08. The minimum Gasteiger partial charge on any atom is -0.493 e. The van der Waals surface area contributed by atoms with Crippen molar-refractivity contribution in [1.82, 2.24) is 0 Å². The van der Waals surface area contributed by atoms with E-state index >= 15 is 0 Å². The highest BCUT2D eigenvalue weighted by molar-refractivity contribution is 5.67. The summed E-state index contributed by atoms with van der Waals surface area (Å²) in [4.78, 5) is 10.5. The molecule has 1 heterocycles. The maximum absolute atomic E-state index is 10.5. The van der Waals surface area contributed by atoms with Crippen LogP contribution < -0.4 is 4.74 Å². The molecule has 1 atom stereocenters. The first-order valence-corrected chi connectivity index (χ1v) is 5.15. The maximum atomic E-state index is 10.5. The Morgan fingerprint density at radius 3 is 3.13 bits per heavy atom. The molecule has 0 spiro atoms. The van der Waals surface area contributed by atoms with Gasteiger partial charge in [-0.1, -0.05) is 19.1 Å². The molecule has 15 heavy (non-hydrogen) atoms. The van der Waals surface area contributed by atoms with Crippen molar-refractivity contribution in [2.75, 3.05) is 6.61 Å². The lowest BCUT2D eigenvalue weighted by molar-refractivity contribution is -0.136. The van der Waals surface area contributed by atoms with E-state index in [1.165, 1.54) is 5.56 Å². The number of aliphatic carboxylic acids is 1. The summed E-state index contributed by atoms with van der Waals surface area (Å²) >= 11 is 0. The predicted octanol–water partition coefficient (Wildman–Crippen LogP) is 2.20. The third kappa shape index (κ3) is 1.96. The molecule has 0 amide bonds. The van der Waals surface area contributed by atoms with E-state index in [-0.39, 0.29) is 6.42 Å². The summed E-state index contributed by atoms with van der Waals surface area (Å²) in [5.41, 5.74) is 2.30. The van der Waals surface area contributed by atoms with E-state index in [0.717, 1.165) is 11.3 Å². The predicted molar refractivity (Wildman–Crippen MR) is 56.3 cm³/mol. The van der Waals surface area contributed by atoms with Crippen molar-refractivity contribution in [1.29, 1.82) is 0 Å². The monoisotopic (exact) mass is 206 g/mol. The van der Waals surface area contributed by atoms with Crippen LogP contribution in [0.15, 0.2) is 18.2 Å². The van der Waals surface area contributed by atoms with E-state index < -0.39 is 5.97 Å². The van der Waals surface area contributed by atoms with Crippen molar-refractivity contribution in [2.45, 2.75) is 25.7 Å². The van der Waals surface area contributed by atoms with Crippen LogP contribution >= 0.6 is 0 Å². The van der Waals surface area contributed by atoms with Crippen molar-refractivity contribution in [2.24, 2.45) is 0 Å². The van der Waals surface area contributed by atoms with Gasteiger partial charge in [-0.25, -0.2) is 0 Å². The maximum Gasteiger partial charge on any atom is 0.303 e. The molecule has 0 radical (unpaired) electrons. The van der Waals surface area contributed by atoms with Gasteiger partial charge in [-0.05, 0) is 18.1 Å². The first-order chi connectivity index (χ1) is 7.18. The summed E-state index contributed by atoms with van der Waals surface area (Å²) in [5, 5.41) is 8.66. The van der Waals surface area contributed by atoms with Crippen molar-refractivity contribution < 1.29 is 14.6 Å². The molecule has 80 valence electrons. The fraction of sp³-hybridized carbons (Fsp3) is 0.417. The Hall–Kier alpha value is -1.51. The smallest absolute Gasteiger partial charge is 0.303 e. The van der Waals surface area contributed by atoms with Crippen LogP contribution in [0.4, 0.5) is 0 Å². The zero-order valence-corrected chi connectivity index (χ0v) is 8.69. The molecule has 3 heteroatoms. The fourth-order valence-electron chi connectivity index (χ4n) is 2.03. The molecule has 0 saturated carbocycles. The number of benzene rings is 1. The highest BCUT2D eigenvalue weighted by Gasteiger charge is 2.22. The summed E-state index contributed by atoms with van der Waals surface area (Å²) in [7, 11) is 0. The molecule has 0 aromatic heterocycles. The third-order valence-electron chi connectivity index (χ3n) is 2.75. The van der Waals surface area contributed by atoms with Crippen LogP contribution in [0, 0.1) is 0 Å². The quantitative estimate of drug-likeness (QED) is 0.824. The lowest BCUT2D eigenvalue weighted by atomic mass is 9.95. The number of rotatable bonds is 3. The minimum absolute atomic E-state index is 0.184. The van der Waals surface area contributed by atoms with Gasteiger partial charge in [0.2, 0.25) is 0 Å². The molecule has 0 saturated heterocycles. The number of carboxylic acids is 1. The van der Waals surface area contributed by atoms with Gasteiger partial charge in [-0.2, -0.15) is 0 Å². The minimum atomic E-state index is -0.751. The van der Waals surface area contributed by atoms with Crippen LogP contribution in [0.1, 0.15) is 30.4 Å². The molecule has 3 nitrogen and oxygen atoms in total. The second-order valence-corrected chi connectivity index (χ2v) is 3.93. The number of fused-ring (bicyclic) bond motifs is 1. The summed E-state index contributed by atoms with van der Waals surface area (Å²) < 4.78 is 5.51. The van der Waals surface area contributed by atoms with Crippen LogP contribution in [-0.2, 0) is 11.2 Å². The summed E-state index contributed by atoms with van der Waals surface area (Å²) in [5.74, 6) is 0.551. The Morgan fingerprint density at radius 1 is 1.60 bits per heavy atom. The molecule has 1 aliphatic rings. The van der Waals surface area contributed by atoms with Crippen molar-refractivity contribution in [3.8, 4) is 5.75 Å². The first-order valence-electron chi connectivity index (χ1n) is 5.15. The number of carboxylic acid groups (broad SMARTS) is 1. The number of ether oxygens (including phenoxy) is 1. The zero-order valence-electron chi connectivity index (χ0n) is 8.69. The Bertz CT molecular complexity index is 384. The van der Waals surface area contributed by atoms with Gasteiger partial charge in [0.25, 0.3) is 0 Å². The number of hydrogen-bond acceptors (Lipinski definition) is 2. The van der Waals surface area contributed by atoms with Gasteiger partial charge in [0, 0.05) is 17.9 Å². The second kappa shape index (κ2) is 3.93. The molecule has 1 N–H and O–H groups in total. The summed E-state index contributed by atoms with van der Waals surface area (Å²) in [6, 6.07) is 5.87. The third-order valence-corrected chi connectivity index (χ3v) is 2.75. The molecule has 1 aromatic carbocycles. The van der Waals surface area contributed by atoms with Crippen LogP contribution in [0.25, 0.3) is 0 Å². The second-order valence-electron chi connectivity index (χ2n) is 3.93. The standard InChI is InChI=1S/C12H14O3/c1-8-7-15-10-4-2-3-9(12(8)10)5-6-11(13)14/h2-4,8H,5-7H2,1H3,(H,13,14). The fourth-order valence-corrected chi connectivity index (χ4v) is 2.03. The Kier molecular flexibility index (Phi) is 2.62. The van der Waals surface area contributed by atoms with E-state index in [9.17, 15) is 4.79 Å². The molecular weight excluding hydrogens is 192 g/mol. The Labute approximate surface area is 88.7 Å². The Morgan fingerprint density at radius 2 is 2.40 bits per heavy atom. The number of hydrogen-bond donors (Lipinski definition) is 1. The average Bonchev–Trinajstić information content (AvgIpc) is 2.58. The van der Waals surface area contributed by atoms with Crippen LogP contribution in [0.5, 0.6) is 5.75 Å². The first kappa shape index (κ1) is 10.0. The molecule has 0 fully saturated rings. The van der Waals surface area contributed by atoms with Crippen molar-refractivity contribution in [3.63, 3.8) is 0 Å². The molecule has 1 aliphatic heterocycles. The van der Waals surface area contributed by atoms with Crippen LogP contribution in [-0.4, -0.2) is 17.7 Å². The van der Waals surface area contributed by atoms with Gasteiger partial charge in [-0.15, -0.1) is 0 Å². The molecule has 1 aromatic rings. The van der Waals surface area contributed by atoms with Gasteiger partial charge >= 0.3 is 5.97 Å². The Balaban J connectivity index is 2.24. The zero-order chi connectivity index (χ0) is 10.8. The van der Waals surface area contributed by atoms with E-state index in [2.05, 4.69) is 6.92 Å². The molecule has 0 bridgehead atoms. The van der Waals surface area contributed by atoms with Gasteiger partial charge in [-0.3, -0.25) is 4.79 Å². The lowest BCUT2D eigenvalue weighted by Crippen LogP contribution is -2.01. The number of aryl methyl sites for hydroxylation is 1. The van der Waals surface area contributed by atoms with E-state index in [1.54, 1.807) is 0 Å². The largest absolute Gasteiger partial charge is 0.493 e. The van der Waals surface area contributed by atoms with Gasteiger partial charge in [0.1, 0.15) is 5.75 Å². The topological polar surface area (TPSA) is 46.5 Å². The van der Waals surface area contributed by atoms with E-state index in [1.807, 2.05) is 18.2 Å². The molecular formula is C12H14O3. The van der Waals surface area contributed by atoms with Gasteiger partial charge in [0.15, 0.2) is 0 Å². The highest BCUT2D eigenvalue weighted by Crippen LogP contribution is 2.36. The van der Waals surface area contributed by atoms with Crippen molar-refractivity contribution in [3.05, 3.63) is 29.3 Å².